The normalized spacial score (nSPS) is 16.2. The van der Waals surface area contributed by atoms with Crippen molar-refractivity contribution in [2.45, 2.75) is 40.0 Å². The Balaban J connectivity index is 1.80. The third kappa shape index (κ3) is 5.56. The Hall–Kier alpha value is -1.88. The number of nitrogens with one attached hydrogen (secondary N) is 1. The van der Waals surface area contributed by atoms with Gasteiger partial charge >= 0.3 is 0 Å². The number of benzene rings is 1. The predicted molar refractivity (Wildman–Crippen MR) is 102 cm³/mol. The van der Waals surface area contributed by atoms with Gasteiger partial charge in [-0.3, -0.25) is 14.5 Å². The summed E-state index contributed by atoms with van der Waals surface area (Å²) < 4.78 is 0. The molecule has 1 aromatic rings. The Labute approximate surface area is 151 Å². The van der Waals surface area contributed by atoms with E-state index in [9.17, 15) is 9.59 Å². The molecule has 0 spiro atoms. The van der Waals surface area contributed by atoms with Crippen LogP contribution in [-0.4, -0.2) is 54.3 Å². The van der Waals surface area contributed by atoms with Crippen LogP contribution >= 0.6 is 0 Å². The number of rotatable bonds is 4. The zero-order valence-corrected chi connectivity index (χ0v) is 16.1. The van der Waals surface area contributed by atoms with Crippen molar-refractivity contribution in [2.24, 2.45) is 5.92 Å². The molecule has 0 atom stereocenters. The molecule has 1 saturated heterocycles. The van der Waals surface area contributed by atoms with Gasteiger partial charge in [0.25, 0.3) is 0 Å². The van der Waals surface area contributed by atoms with Crippen molar-refractivity contribution < 1.29 is 9.59 Å². The summed E-state index contributed by atoms with van der Waals surface area (Å²) >= 11 is 0. The Morgan fingerprint density at radius 1 is 1.04 bits per heavy atom. The van der Waals surface area contributed by atoms with Crippen molar-refractivity contribution in [3.05, 3.63) is 29.8 Å². The minimum Gasteiger partial charge on any atom is -0.340 e. The molecule has 1 aromatic carbocycles. The fourth-order valence-corrected chi connectivity index (χ4v) is 2.95. The molecule has 1 fully saturated rings. The van der Waals surface area contributed by atoms with E-state index < -0.39 is 0 Å². The molecular weight excluding hydrogens is 314 g/mol. The van der Waals surface area contributed by atoms with Gasteiger partial charge in [0, 0.05) is 37.8 Å². The molecule has 1 heterocycles. The Bertz CT molecular complexity index is 594. The molecule has 2 amide bonds. The monoisotopic (exact) mass is 345 g/mol. The van der Waals surface area contributed by atoms with Gasteiger partial charge in [0.2, 0.25) is 11.8 Å². The molecule has 0 saturated carbocycles. The highest BCUT2D eigenvalue weighted by molar-refractivity contribution is 5.92. The lowest BCUT2D eigenvalue weighted by Gasteiger charge is -2.35. The SMILES string of the molecule is CC(C)C(=O)N1CCN(CC(=O)Nc2ccc(C(C)(C)C)cc2)CC1. The first-order valence-corrected chi connectivity index (χ1v) is 9.08. The summed E-state index contributed by atoms with van der Waals surface area (Å²) in [6.07, 6.45) is 0. The van der Waals surface area contributed by atoms with E-state index in [1.165, 1.54) is 5.56 Å². The lowest BCUT2D eigenvalue weighted by molar-refractivity contribution is -0.136. The van der Waals surface area contributed by atoms with Crippen molar-refractivity contribution in [3.63, 3.8) is 0 Å². The van der Waals surface area contributed by atoms with Gasteiger partial charge in [-0.05, 0) is 23.1 Å². The molecule has 0 aromatic heterocycles. The summed E-state index contributed by atoms with van der Waals surface area (Å²) in [7, 11) is 0. The molecule has 1 aliphatic heterocycles. The summed E-state index contributed by atoms with van der Waals surface area (Å²) in [5.74, 6) is 0.223. The summed E-state index contributed by atoms with van der Waals surface area (Å²) in [5, 5.41) is 2.96. The second-order valence-electron chi connectivity index (χ2n) is 8.13. The lowest BCUT2D eigenvalue weighted by atomic mass is 9.87. The first kappa shape index (κ1) is 19.4. The first-order valence-electron chi connectivity index (χ1n) is 9.08. The van der Waals surface area contributed by atoms with Crippen LogP contribution in [0.2, 0.25) is 0 Å². The highest BCUT2D eigenvalue weighted by atomic mass is 16.2. The van der Waals surface area contributed by atoms with Crippen LogP contribution < -0.4 is 5.32 Å². The zero-order chi connectivity index (χ0) is 18.6. The molecule has 5 heteroatoms. The summed E-state index contributed by atoms with van der Waals surface area (Å²) in [4.78, 5) is 28.2. The third-order valence-electron chi connectivity index (χ3n) is 4.58. The minimum absolute atomic E-state index is 0.00727. The second-order valence-corrected chi connectivity index (χ2v) is 8.13. The largest absolute Gasteiger partial charge is 0.340 e. The number of amides is 2. The number of hydrogen-bond donors (Lipinski definition) is 1. The highest BCUT2D eigenvalue weighted by Crippen LogP contribution is 2.23. The maximum absolute atomic E-state index is 12.3. The van der Waals surface area contributed by atoms with Crippen LogP contribution in [0.3, 0.4) is 0 Å². The van der Waals surface area contributed by atoms with E-state index in [1.54, 1.807) is 0 Å². The average molecular weight is 345 g/mol. The maximum Gasteiger partial charge on any atom is 0.238 e. The van der Waals surface area contributed by atoms with E-state index in [-0.39, 0.29) is 23.1 Å². The van der Waals surface area contributed by atoms with Gasteiger partial charge in [-0.15, -0.1) is 0 Å². The minimum atomic E-state index is -0.00727. The number of carbonyl (C=O) groups excluding carboxylic acids is 2. The van der Waals surface area contributed by atoms with Gasteiger partial charge in [-0.1, -0.05) is 46.8 Å². The number of anilines is 1. The van der Waals surface area contributed by atoms with Crippen molar-refractivity contribution in [1.29, 1.82) is 0 Å². The van der Waals surface area contributed by atoms with E-state index in [0.717, 1.165) is 18.8 Å². The molecule has 1 aliphatic rings. The smallest absolute Gasteiger partial charge is 0.238 e. The summed E-state index contributed by atoms with van der Waals surface area (Å²) in [5.41, 5.74) is 2.18. The number of nitrogens with zero attached hydrogens (tertiary/aromatic N) is 2. The van der Waals surface area contributed by atoms with Crippen LogP contribution in [0, 0.1) is 5.92 Å². The van der Waals surface area contributed by atoms with Gasteiger partial charge in [-0.25, -0.2) is 0 Å². The zero-order valence-electron chi connectivity index (χ0n) is 16.1. The van der Waals surface area contributed by atoms with Crippen molar-refractivity contribution in [3.8, 4) is 0 Å². The quantitative estimate of drug-likeness (QED) is 0.913. The summed E-state index contributed by atoms with van der Waals surface area (Å²) in [6, 6.07) is 8.03. The standard InChI is InChI=1S/C20H31N3O2/c1-15(2)19(25)23-12-10-22(11-13-23)14-18(24)21-17-8-6-16(7-9-17)20(3,4)5/h6-9,15H,10-14H2,1-5H3,(H,21,24). The molecule has 1 N–H and O–H groups in total. The molecule has 0 aliphatic carbocycles. The Kier molecular flexibility index (Phi) is 6.22. The molecule has 2 rings (SSSR count). The van der Waals surface area contributed by atoms with Crippen LogP contribution in [-0.2, 0) is 15.0 Å². The average Bonchev–Trinajstić information content (AvgIpc) is 2.54. The number of hydrogen-bond acceptors (Lipinski definition) is 3. The van der Waals surface area contributed by atoms with Gasteiger partial charge < -0.3 is 10.2 Å². The third-order valence-corrected chi connectivity index (χ3v) is 4.58. The predicted octanol–water partition coefficient (Wildman–Crippen LogP) is 2.72. The van der Waals surface area contributed by atoms with Crippen LogP contribution in [0.5, 0.6) is 0 Å². The van der Waals surface area contributed by atoms with Crippen molar-refractivity contribution in [1.82, 2.24) is 9.80 Å². The van der Waals surface area contributed by atoms with Gasteiger partial charge in [0.1, 0.15) is 0 Å². The van der Waals surface area contributed by atoms with E-state index in [4.69, 9.17) is 0 Å². The van der Waals surface area contributed by atoms with E-state index in [0.29, 0.717) is 19.6 Å². The lowest BCUT2D eigenvalue weighted by Crippen LogP contribution is -2.51. The topological polar surface area (TPSA) is 52.7 Å². The molecule has 0 radical (unpaired) electrons. The molecule has 0 unspecified atom stereocenters. The van der Waals surface area contributed by atoms with Crippen LogP contribution in [0.25, 0.3) is 0 Å². The van der Waals surface area contributed by atoms with Crippen molar-refractivity contribution >= 4 is 17.5 Å². The van der Waals surface area contributed by atoms with Gasteiger partial charge in [-0.2, -0.15) is 0 Å². The molecule has 138 valence electrons. The van der Waals surface area contributed by atoms with E-state index in [2.05, 4.69) is 43.1 Å². The number of piperazine rings is 1. The summed E-state index contributed by atoms with van der Waals surface area (Å²) in [6.45, 7) is 13.6. The number of carbonyl (C=O) groups is 2. The van der Waals surface area contributed by atoms with Crippen LogP contribution in [0.15, 0.2) is 24.3 Å². The Morgan fingerprint density at radius 3 is 2.08 bits per heavy atom. The van der Waals surface area contributed by atoms with Gasteiger partial charge in [0.05, 0.1) is 6.54 Å². The maximum atomic E-state index is 12.3. The highest BCUT2D eigenvalue weighted by Gasteiger charge is 2.23. The second kappa shape index (κ2) is 8.00. The Morgan fingerprint density at radius 2 is 1.60 bits per heavy atom. The van der Waals surface area contributed by atoms with E-state index >= 15 is 0 Å². The molecule has 5 nitrogen and oxygen atoms in total. The van der Waals surface area contributed by atoms with Crippen molar-refractivity contribution in [2.75, 3.05) is 38.0 Å². The fourth-order valence-electron chi connectivity index (χ4n) is 2.95. The first-order chi connectivity index (χ1) is 11.7. The fraction of sp³-hybridized carbons (Fsp3) is 0.600. The molecule has 25 heavy (non-hydrogen) atoms. The van der Waals surface area contributed by atoms with Crippen LogP contribution in [0.4, 0.5) is 5.69 Å². The van der Waals surface area contributed by atoms with Gasteiger partial charge in [0.15, 0.2) is 0 Å². The van der Waals surface area contributed by atoms with Crippen LogP contribution in [0.1, 0.15) is 40.2 Å². The van der Waals surface area contributed by atoms with E-state index in [1.807, 2.05) is 30.9 Å². The molecular formula is C20H31N3O2. The molecule has 0 bridgehead atoms.